The second-order valence-electron chi connectivity index (χ2n) is 5.93. The number of halogens is 1. The summed E-state index contributed by atoms with van der Waals surface area (Å²) in [5.41, 5.74) is 1.14. The van der Waals surface area contributed by atoms with Crippen molar-refractivity contribution in [2.24, 2.45) is 0 Å². The number of rotatable bonds is 6. The molecular weight excluding hydrogens is 303 g/mol. The van der Waals surface area contributed by atoms with Crippen LogP contribution in [0.25, 0.3) is 6.08 Å². The molecule has 0 aliphatic carbocycles. The fourth-order valence-corrected chi connectivity index (χ4v) is 2.76. The molecule has 1 fully saturated rings. The van der Waals surface area contributed by atoms with Gasteiger partial charge in [-0.2, -0.15) is 0 Å². The molecule has 24 heavy (non-hydrogen) atoms. The van der Waals surface area contributed by atoms with Gasteiger partial charge >= 0.3 is 0 Å². The first kappa shape index (κ1) is 16.7. The van der Waals surface area contributed by atoms with Gasteiger partial charge in [-0.1, -0.05) is 36.4 Å². The van der Waals surface area contributed by atoms with Gasteiger partial charge < -0.3 is 10.1 Å². The lowest BCUT2D eigenvalue weighted by Crippen LogP contribution is -2.46. The summed E-state index contributed by atoms with van der Waals surface area (Å²) in [6.07, 6.45) is 4.09. The minimum atomic E-state index is -0.249. The van der Waals surface area contributed by atoms with Crippen molar-refractivity contribution in [3.05, 3.63) is 72.1 Å². The fraction of sp³-hybridized carbons (Fsp3) is 0.300. The van der Waals surface area contributed by atoms with Crippen molar-refractivity contribution in [3.8, 4) is 5.75 Å². The molecular formula is C20H23FN2O. The van der Waals surface area contributed by atoms with Crippen molar-refractivity contribution in [1.82, 2.24) is 10.2 Å². The predicted molar refractivity (Wildman–Crippen MR) is 95.6 cm³/mol. The highest BCUT2D eigenvalue weighted by Crippen LogP contribution is 2.15. The molecule has 2 aromatic rings. The smallest absolute Gasteiger partial charge is 0.130 e. The maximum atomic E-state index is 13.1. The predicted octanol–water partition coefficient (Wildman–Crippen LogP) is 3.19. The molecule has 3 nitrogen and oxygen atoms in total. The van der Waals surface area contributed by atoms with Crippen LogP contribution in [0.2, 0.25) is 0 Å². The van der Waals surface area contributed by atoms with Crippen LogP contribution in [-0.2, 0) is 0 Å². The van der Waals surface area contributed by atoms with Crippen LogP contribution in [0.1, 0.15) is 5.56 Å². The van der Waals surface area contributed by atoms with Gasteiger partial charge in [0.2, 0.25) is 0 Å². The van der Waals surface area contributed by atoms with Crippen LogP contribution < -0.4 is 10.1 Å². The van der Waals surface area contributed by atoms with Crippen molar-refractivity contribution in [2.45, 2.75) is 6.10 Å². The highest BCUT2D eigenvalue weighted by Gasteiger charge is 2.15. The van der Waals surface area contributed by atoms with E-state index in [0.29, 0.717) is 5.75 Å². The van der Waals surface area contributed by atoms with E-state index in [9.17, 15) is 4.39 Å². The summed E-state index contributed by atoms with van der Waals surface area (Å²) in [5, 5.41) is 3.36. The molecule has 126 valence electrons. The number of nitrogens with zero attached hydrogens (tertiary/aromatic N) is 1. The molecule has 0 saturated carbocycles. The van der Waals surface area contributed by atoms with E-state index in [1.807, 2.05) is 18.2 Å². The van der Waals surface area contributed by atoms with Gasteiger partial charge in [-0.15, -0.1) is 0 Å². The lowest BCUT2D eigenvalue weighted by molar-refractivity contribution is 0.152. The quantitative estimate of drug-likeness (QED) is 0.882. The Balaban J connectivity index is 1.69. The van der Waals surface area contributed by atoms with E-state index in [1.54, 1.807) is 12.1 Å². The van der Waals surface area contributed by atoms with Crippen LogP contribution in [0.3, 0.4) is 0 Å². The Bertz CT molecular complexity index is 636. The highest BCUT2D eigenvalue weighted by atomic mass is 19.1. The number of ether oxygens (including phenoxy) is 1. The first-order valence-corrected chi connectivity index (χ1v) is 8.38. The van der Waals surface area contributed by atoms with Gasteiger partial charge in [-0.05, 0) is 35.9 Å². The maximum Gasteiger partial charge on any atom is 0.130 e. The van der Waals surface area contributed by atoms with Crippen molar-refractivity contribution in [1.29, 1.82) is 0 Å². The largest absolute Gasteiger partial charge is 0.485 e. The van der Waals surface area contributed by atoms with Crippen molar-refractivity contribution >= 4 is 6.08 Å². The number of nitrogens with one attached hydrogen (secondary N) is 1. The summed E-state index contributed by atoms with van der Waals surface area (Å²) in [5.74, 6) is 0.440. The SMILES string of the molecule is Fc1ccc(OC(/C=C/c2ccccc2)CN2CCNCC2)cc1. The molecule has 2 aromatic carbocycles. The zero-order chi connectivity index (χ0) is 16.6. The molecule has 1 aliphatic heterocycles. The van der Waals surface area contributed by atoms with Gasteiger partial charge in [0, 0.05) is 32.7 Å². The van der Waals surface area contributed by atoms with Gasteiger partial charge in [0.1, 0.15) is 17.7 Å². The van der Waals surface area contributed by atoms with Crippen LogP contribution >= 0.6 is 0 Å². The normalized spacial score (nSPS) is 17.0. The summed E-state index contributed by atoms with van der Waals surface area (Å²) < 4.78 is 19.2. The Morgan fingerprint density at radius 3 is 2.46 bits per heavy atom. The molecule has 1 unspecified atom stereocenters. The van der Waals surface area contributed by atoms with Crippen LogP contribution in [0.4, 0.5) is 4.39 Å². The number of benzene rings is 2. The van der Waals surface area contributed by atoms with E-state index in [-0.39, 0.29) is 11.9 Å². The zero-order valence-electron chi connectivity index (χ0n) is 13.7. The molecule has 1 N–H and O–H groups in total. The average Bonchev–Trinajstić information content (AvgIpc) is 2.63. The first-order chi connectivity index (χ1) is 11.8. The molecule has 0 spiro atoms. The van der Waals surface area contributed by atoms with Crippen LogP contribution in [0.5, 0.6) is 5.75 Å². The van der Waals surface area contributed by atoms with Crippen molar-refractivity contribution in [2.75, 3.05) is 32.7 Å². The highest BCUT2D eigenvalue weighted by molar-refractivity contribution is 5.49. The van der Waals surface area contributed by atoms with Crippen LogP contribution in [-0.4, -0.2) is 43.7 Å². The third kappa shape index (κ3) is 5.18. The zero-order valence-corrected chi connectivity index (χ0v) is 13.7. The fourth-order valence-electron chi connectivity index (χ4n) is 2.76. The monoisotopic (exact) mass is 326 g/mol. The van der Waals surface area contributed by atoms with Crippen molar-refractivity contribution < 1.29 is 9.13 Å². The molecule has 4 heteroatoms. The standard InChI is InChI=1S/C20H23FN2O/c21-18-7-10-19(11-8-18)24-20(16-23-14-12-22-13-15-23)9-6-17-4-2-1-3-5-17/h1-11,20,22H,12-16H2/b9-6+. The second-order valence-corrected chi connectivity index (χ2v) is 5.93. The number of hydrogen-bond acceptors (Lipinski definition) is 3. The summed E-state index contributed by atoms with van der Waals surface area (Å²) in [6, 6.07) is 16.4. The molecule has 1 atom stereocenters. The molecule has 0 radical (unpaired) electrons. The van der Waals surface area contributed by atoms with Crippen LogP contribution in [0.15, 0.2) is 60.7 Å². The Hall–Kier alpha value is -2.17. The summed E-state index contributed by atoms with van der Waals surface area (Å²) in [4.78, 5) is 2.39. The molecule has 0 bridgehead atoms. The van der Waals surface area contributed by atoms with Gasteiger partial charge in [0.05, 0.1) is 0 Å². The lowest BCUT2D eigenvalue weighted by atomic mass is 10.1. The molecule has 1 heterocycles. The lowest BCUT2D eigenvalue weighted by Gasteiger charge is -2.30. The van der Waals surface area contributed by atoms with E-state index < -0.39 is 0 Å². The Morgan fingerprint density at radius 2 is 1.75 bits per heavy atom. The topological polar surface area (TPSA) is 24.5 Å². The van der Waals surface area contributed by atoms with Gasteiger partial charge in [0.15, 0.2) is 0 Å². The molecule has 1 aliphatic rings. The number of hydrogen-bond donors (Lipinski definition) is 1. The molecule has 1 saturated heterocycles. The maximum absolute atomic E-state index is 13.1. The molecule has 0 aromatic heterocycles. The van der Waals surface area contributed by atoms with E-state index in [0.717, 1.165) is 38.3 Å². The summed E-state index contributed by atoms with van der Waals surface area (Å²) >= 11 is 0. The van der Waals surface area contributed by atoms with Gasteiger partial charge in [-0.3, -0.25) is 4.90 Å². The van der Waals surface area contributed by atoms with Gasteiger partial charge in [0.25, 0.3) is 0 Å². The first-order valence-electron chi connectivity index (χ1n) is 8.38. The Labute approximate surface area is 142 Å². The van der Waals surface area contributed by atoms with E-state index in [2.05, 4.69) is 34.5 Å². The third-order valence-corrected chi connectivity index (χ3v) is 4.05. The minimum absolute atomic E-state index is 0.0752. The van der Waals surface area contributed by atoms with E-state index in [4.69, 9.17) is 4.74 Å². The number of piperazine rings is 1. The van der Waals surface area contributed by atoms with Gasteiger partial charge in [-0.25, -0.2) is 4.39 Å². The second kappa shape index (κ2) is 8.62. The summed E-state index contributed by atoms with van der Waals surface area (Å²) in [7, 11) is 0. The van der Waals surface area contributed by atoms with Crippen molar-refractivity contribution in [3.63, 3.8) is 0 Å². The summed E-state index contributed by atoms with van der Waals surface area (Å²) in [6.45, 7) is 4.87. The molecule has 0 amide bonds. The third-order valence-electron chi connectivity index (χ3n) is 4.05. The van der Waals surface area contributed by atoms with E-state index >= 15 is 0 Å². The van der Waals surface area contributed by atoms with E-state index in [1.165, 1.54) is 12.1 Å². The Morgan fingerprint density at radius 1 is 1.04 bits per heavy atom. The molecule has 3 rings (SSSR count). The van der Waals surface area contributed by atoms with Crippen LogP contribution in [0, 0.1) is 5.82 Å². The Kier molecular flexibility index (Phi) is 5.99. The average molecular weight is 326 g/mol. The minimum Gasteiger partial charge on any atom is -0.485 e.